The van der Waals surface area contributed by atoms with E-state index >= 15 is 0 Å². The fourth-order valence-electron chi connectivity index (χ4n) is 2.09. The van der Waals surface area contributed by atoms with Crippen molar-refractivity contribution in [2.45, 2.75) is 13.3 Å². The van der Waals surface area contributed by atoms with E-state index in [4.69, 9.17) is 27.9 Å². The first-order valence-corrected chi connectivity index (χ1v) is 7.31. The van der Waals surface area contributed by atoms with Crippen molar-refractivity contribution < 1.29 is 4.74 Å². The summed E-state index contributed by atoms with van der Waals surface area (Å²) in [5, 5.41) is 2.92. The second kappa shape index (κ2) is 5.88. The van der Waals surface area contributed by atoms with Gasteiger partial charge in [0.05, 0.1) is 0 Å². The zero-order valence-electron chi connectivity index (χ0n) is 11.3. The number of rotatable bonds is 3. The van der Waals surface area contributed by atoms with Gasteiger partial charge in [0.2, 0.25) is 5.88 Å². The Labute approximate surface area is 132 Å². The molecule has 0 fully saturated rings. The minimum atomic E-state index is 0.370. The summed E-state index contributed by atoms with van der Waals surface area (Å²) in [5.74, 6) is 1.77. The first-order chi connectivity index (χ1) is 10.2. The molecule has 0 aliphatic carbocycles. The molecule has 21 heavy (non-hydrogen) atoms. The Bertz CT molecular complexity index is 805. The van der Waals surface area contributed by atoms with Gasteiger partial charge < -0.3 is 4.74 Å². The maximum atomic E-state index is 6.20. The summed E-state index contributed by atoms with van der Waals surface area (Å²) in [6, 6.07) is 13.0. The van der Waals surface area contributed by atoms with Crippen LogP contribution in [-0.2, 0) is 6.42 Å². The minimum Gasteiger partial charge on any atom is -0.438 e. The first-order valence-electron chi connectivity index (χ1n) is 6.56. The van der Waals surface area contributed by atoms with E-state index in [1.54, 1.807) is 6.07 Å². The summed E-state index contributed by atoms with van der Waals surface area (Å²) in [6.45, 7) is 1.97. The number of halogens is 2. The largest absolute Gasteiger partial charge is 0.438 e. The molecule has 3 aromatic rings. The third kappa shape index (κ3) is 2.94. The van der Waals surface area contributed by atoms with Crippen LogP contribution in [0.25, 0.3) is 10.8 Å². The van der Waals surface area contributed by atoms with Crippen molar-refractivity contribution in [1.82, 2.24) is 9.97 Å². The molecule has 2 aromatic carbocycles. The average molecular weight is 319 g/mol. The molecule has 0 atom stereocenters. The van der Waals surface area contributed by atoms with Gasteiger partial charge in [-0.05, 0) is 12.1 Å². The van der Waals surface area contributed by atoms with Crippen LogP contribution in [0.4, 0.5) is 0 Å². The van der Waals surface area contributed by atoms with E-state index in [-0.39, 0.29) is 0 Å². The predicted octanol–water partition coefficient (Wildman–Crippen LogP) is 5.29. The van der Waals surface area contributed by atoms with Crippen LogP contribution in [0.2, 0.25) is 10.2 Å². The summed E-state index contributed by atoms with van der Waals surface area (Å²) >= 11 is 12.2. The Morgan fingerprint density at radius 3 is 2.52 bits per heavy atom. The predicted molar refractivity (Wildman–Crippen MR) is 85.5 cm³/mol. The molecule has 106 valence electrons. The monoisotopic (exact) mass is 318 g/mol. The van der Waals surface area contributed by atoms with Crippen molar-refractivity contribution in [2.75, 3.05) is 0 Å². The van der Waals surface area contributed by atoms with Crippen LogP contribution in [-0.4, -0.2) is 9.97 Å². The van der Waals surface area contributed by atoms with Gasteiger partial charge >= 0.3 is 0 Å². The van der Waals surface area contributed by atoms with E-state index in [1.807, 2.05) is 43.3 Å². The maximum absolute atomic E-state index is 6.20. The summed E-state index contributed by atoms with van der Waals surface area (Å²) in [6.07, 6.45) is 0.693. The van der Waals surface area contributed by atoms with Crippen LogP contribution in [0.5, 0.6) is 11.6 Å². The molecule has 0 saturated carbocycles. The van der Waals surface area contributed by atoms with E-state index in [0.29, 0.717) is 34.1 Å². The van der Waals surface area contributed by atoms with Crippen LogP contribution in [0.1, 0.15) is 12.7 Å². The van der Waals surface area contributed by atoms with Gasteiger partial charge in [0.25, 0.3) is 0 Å². The standard InChI is InChI=1S/C16H12Cl2N2O/c1-2-15-19-14(18)9-16(20-15)21-13-8-7-12(17)10-5-3-4-6-11(10)13/h3-9H,2H2,1H3. The van der Waals surface area contributed by atoms with Gasteiger partial charge in [-0.25, -0.2) is 4.98 Å². The molecule has 0 radical (unpaired) electrons. The topological polar surface area (TPSA) is 35.0 Å². The number of hydrogen-bond donors (Lipinski definition) is 0. The summed E-state index contributed by atoms with van der Waals surface area (Å²) < 4.78 is 5.88. The van der Waals surface area contributed by atoms with Gasteiger partial charge in [0, 0.05) is 28.3 Å². The van der Waals surface area contributed by atoms with Gasteiger partial charge in [-0.15, -0.1) is 0 Å². The molecule has 0 unspecified atom stereocenters. The Hall–Kier alpha value is -1.84. The van der Waals surface area contributed by atoms with E-state index in [2.05, 4.69) is 9.97 Å². The highest BCUT2D eigenvalue weighted by molar-refractivity contribution is 6.35. The second-order valence-electron chi connectivity index (χ2n) is 4.49. The molecule has 0 amide bonds. The smallest absolute Gasteiger partial charge is 0.224 e. The molecule has 0 spiro atoms. The molecule has 1 aromatic heterocycles. The molecule has 5 heteroatoms. The zero-order valence-corrected chi connectivity index (χ0v) is 12.8. The lowest BCUT2D eigenvalue weighted by Gasteiger charge is -2.10. The lowest BCUT2D eigenvalue weighted by Crippen LogP contribution is -1.96. The molecule has 0 N–H and O–H groups in total. The molecule has 0 aliphatic rings. The third-order valence-corrected chi connectivity index (χ3v) is 3.60. The van der Waals surface area contributed by atoms with Crippen molar-refractivity contribution in [1.29, 1.82) is 0 Å². The molecular weight excluding hydrogens is 307 g/mol. The minimum absolute atomic E-state index is 0.370. The van der Waals surface area contributed by atoms with Crippen molar-refractivity contribution in [3.63, 3.8) is 0 Å². The molecule has 0 saturated heterocycles. The van der Waals surface area contributed by atoms with Gasteiger partial charge in [-0.1, -0.05) is 54.4 Å². The lowest BCUT2D eigenvalue weighted by atomic mass is 10.1. The Balaban J connectivity index is 2.06. The maximum Gasteiger partial charge on any atom is 0.224 e. The third-order valence-electron chi connectivity index (χ3n) is 3.08. The second-order valence-corrected chi connectivity index (χ2v) is 5.29. The van der Waals surface area contributed by atoms with Crippen molar-refractivity contribution in [2.24, 2.45) is 0 Å². The van der Waals surface area contributed by atoms with Gasteiger partial charge in [-0.3, -0.25) is 0 Å². The van der Waals surface area contributed by atoms with Crippen LogP contribution in [0.3, 0.4) is 0 Å². The highest BCUT2D eigenvalue weighted by Crippen LogP contribution is 2.33. The van der Waals surface area contributed by atoms with Crippen molar-refractivity contribution >= 4 is 34.0 Å². The molecule has 0 aliphatic heterocycles. The highest BCUT2D eigenvalue weighted by atomic mass is 35.5. The average Bonchev–Trinajstić information content (AvgIpc) is 2.50. The summed E-state index contributed by atoms with van der Waals surface area (Å²) in [7, 11) is 0. The van der Waals surface area contributed by atoms with E-state index in [9.17, 15) is 0 Å². The Kier molecular flexibility index (Phi) is 3.95. The Morgan fingerprint density at radius 2 is 1.76 bits per heavy atom. The summed E-state index contributed by atoms with van der Waals surface area (Å²) in [4.78, 5) is 8.45. The molecule has 0 bridgehead atoms. The highest BCUT2D eigenvalue weighted by Gasteiger charge is 2.09. The number of hydrogen-bond acceptors (Lipinski definition) is 3. The van der Waals surface area contributed by atoms with E-state index in [1.165, 1.54) is 0 Å². The van der Waals surface area contributed by atoms with E-state index < -0.39 is 0 Å². The van der Waals surface area contributed by atoms with E-state index in [0.717, 1.165) is 10.8 Å². The summed E-state index contributed by atoms with van der Waals surface area (Å²) in [5.41, 5.74) is 0. The fourth-order valence-corrected chi connectivity index (χ4v) is 2.51. The molecule has 3 rings (SSSR count). The van der Waals surface area contributed by atoms with Crippen LogP contribution >= 0.6 is 23.2 Å². The molecule has 3 nitrogen and oxygen atoms in total. The Morgan fingerprint density at radius 1 is 1.00 bits per heavy atom. The number of benzene rings is 2. The van der Waals surface area contributed by atoms with Crippen molar-refractivity contribution in [3.05, 3.63) is 58.5 Å². The number of nitrogens with zero attached hydrogens (tertiary/aromatic N) is 2. The fraction of sp³-hybridized carbons (Fsp3) is 0.125. The number of aromatic nitrogens is 2. The van der Waals surface area contributed by atoms with Crippen LogP contribution in [0, 0.1) is 0 Å². The van der Waals surface area contributed by atoms with Gasteiger partial charge in [0.1, 0.15) is 16.7 Å². The number of fused-ring (bicyclic) bond motifs is 1. The van der Waals surface area contributed by atoms with Crippen LogP contribution < -0.4 is 4.74 Å². The quantitative estimate of drug-likeness (QED) is 0.615. The first kappa shape index (κ1) is 14.1. The van der Waals surface area contributed by atoms with Gasteiger partial charge in [0.15, 0.2) is 0 Å². The van der Waals surface area contributed by atoms with Crippen LogP contribution in [0.15, 0.2) is 42.5 Å². The molecule has 1 heterocycles. The number of aryl methyl sites for hydroxylation is 1. The number of ether oxygens (including phenoxy) is 1. The normalized spacial score (nSPS) is 10.8. The molecular formula is C16H12Cl2N2O. The van der Waals surface area contributed by atoms with Crippen molar-refractivity contribution in [3.8, 4) is 11.6 Å². The SMILES string of the molecule is CCc1nc(Cl)cc(Oc2ccc(Cl)c3ccccc23)n1. The lowest BCUT2D eigenvalue weighted by molar-refractivity contribution is 0.464. The van der Waals surface area contributed by atoms with Gasteiger partial charge in [-0.2, -0.15) is 4.98 Å². The zero-order chi connectivity index (χ0) is 14.8.